The standard InChI is InChI=1S/C20H18FN3O2/c21-15-5-1-12(2-6-15)18-19(14-9-10-22-17(26)11-14)24-20(23-18)13-3-7-16(25)8-4-13/h1-8,14,25H,9-11H2,(H,22,26)(H,23,24). The number of H-pyrrole nitrogens is 1. The topological polar surface area (TPSA) is 78.0 Å². The highest BCUT2D eigenvalue weighted by Crippen LogP contribution is 2.35. The molecule has 1 atom stereocenters. The molecule has 0 saturated carbocycles. The summed E-state index contributed by atoms with van der Waals surface area (Å²) in [5, 5.41) is 12.3. The minimum Gasteiger partial charge on any atom is -0.508 e. The molecule has 2 aromatic carbocycles. The molecule has 0 bridgehead atoms. The maximum Gasteiger partial charge on any atom is 0.220 e. The number of piperidine rings is 1. The molecule has 1 aliphatic heterocycles. The number of halogens is 1. The van der Waals surface area contributed by atoms with Crippen LogP contribution in [-0.4, -0.2) is 27.5 Å². The Hall–Kier alpha value is -3.15. The fraction of sp³-hybridized carbons (Fsp3) is 0.200. The Balaban J connectivity index is 1.80. The summed E-state index contributed by atoms with van der Waals surface area (Å²) in [6, 6.07) is 13.0. The molecule has 132 valence electrons. The monoisotopic (exact) mass is 351 g/mol. The normalized spacial score (nSPS) is 17.1. The van der Waals surface area contributed by atoms with Crippen molar-refractivity contribution in [3.05, 3.63) is 60.0 Å². The fourth-order valence-corrected chi connectivity index (χ4v) is 3.30. The van der Waals surface area contributed by atoms with E-state index >= 15 is 0 Å². The summed E-state index contributed by atoms with van der Waals surface area (Å²) < 4.78 is 13.3. The van der Waals surface area contributed by atoms with Gasteiger partial charge in [0.1, 0.15) is 17.4 Å². The summed E-state index contributed by atoms with van der Waals surface area (Å²) in [5.41, 5.74) is 3.24. The first kappa shape index (κ1) is 16.3. The average Bonchev–Trinajstić information content (AvgIpc) is 3.08. The van der Waals surface area contributed by atoms with Crippen molar-refractivity contribution in [1.82, 2.24) is 15.3 Å². The van der Waals surface area contributed by atoms with E-state index in [0.717, 1.165) is 28.9 Å². The van der Waals surface area contributed by atoms with Gasteiger partial charge in [-0.2, -0.15) is 0 Å². The average molecular weight is 351 g/mol. The molecule has 5 nitrogen and oxygen atoms in total. The number of aromatic nitrogens is 2. The Bertz CT molecular complexity index is 933. The Morgan fingerprint density at radius 2 is 1.73 bits per heavy atom. The third kappa shape index (κ3) is 3.18. The molecule has 6 heteroatoms. The summed E-state index contributed by atoms with van der Waals surface area (Å²) >= 11 is 0. The van der Waals surface area contributed by atoms with Crippen LogP contribution >= 0.6 is 0 Å². The maximum absolute atomic E-state index is 13.3. The Morgan fingerprint density at radius 3 is 2.42 bits per heavy atom. The predicted molar refractivity (Wildman–Crippen MR) is 96.1 cm³/mol. The SMILES string of the molecule is O=C1CC(c2[nH]c(-c3ccc(O)cc3)nc2-c2ccc(F)cc2)CCN1. The van der Waals surface area contributed by atoms with Crippen LogP contribution in [0.4, 0.5) is 4.39 Å². The predicted octanol–water partition coefficient (Wildman–Crippen LogP) is 3.58. The number of hydrogen-bond donors (Lipinski definition) is 3. The molecule has 1 fully saturated rings. The molecule has 1 aliphatic rings. The van der Waals surface area contributed by atoms with Crippen molar-refractivity contribution in [3.8, 4) is 28.4 Å². The summed E-state index contributed by atoms with van der Waals surface area (Å²) in [4.78, 5) is 19.9. The van der Waals surface area contributed by atoms with Crippen molar-refractivity contribution in [3.63, 3.8) is 0 Å². The summed E-state index contributed by atoms with van der Waals surface area (Å²) in [7, 11) is 0. The Kier molecular flexibility index (Phi) is 4.16. The van der Waals surface area contributed by atoms with Crippen LogP contribution in [-0.2, 0) is 4.79 Å². The molecule has 0 aliphatic carbocycles. The number of phenols is 1. The van der Waals surface area contributed by atoms with E-state index in [0.29, 0.717) is 18.8 Å². The van der Waals surface area contributed by atoms with Crippen LogP contribution in [0, 0.1) is 5.82 Å². The second-order valence-electron chi connectivity index (χ2n) is 6.44. The number of aromatic amines is 1. The number of imidazole rings is 1. The highest BCUT2D eigenvalue weighted by Gasteiger charge is 2.26. The lowest BCUT2D eigenvalue weighted by Crippen LogP contribution is -2.32. The third-order valence-electron chi connectivity index (χ3n) is 4.65. The van der Waals surface area contributed by atoms with Crippen LogP contribution in [0.2, 0.25) is 0 Å². The zero-order valence-corrected chi connectivity index (χ0v) is 14.0. The van der Waals surface area contributed by atoms with E-state index in [4.69, 9.17) is 4.98 Å². The molecule has 0 spiro atoms. The second kappa shape index (κ2) is 6.63. The molecule has 4 rings (SSSR count). The number of hydrogen-bond acceptors (Lipinski definition) is 3. The van der Waals surface area contributed by atoms with Gasteiger partial charge in [-0.1, -0.05) is 0 Å². The lowest BCUT2D eigenvalue weighted by atomic mass is 9.91. The first-order valence-electron chi connectivity index (χ1n) is 8.52. The fourth-order valence-electron chi connectivity index (χ4n) is 3.30. The highest BCUT2D eigenvalue weighted by atomic mass is 19.1. The van der Waals surface area contributed by atoms with Crippen LogP contribution < -0.4 is 5.32 Å². The zero-order valence-electron chi connectivity index (χ0n) is 14.0. The lowest BCUT2D eigenvalue weighted by Gasteiger charge is -2.22. The van der Waals surface area contributed by atoms with Gasteiger partial charge in [-0.25, -0.2) is 9.37 Å². The van der Waals surface area contributed by atoms with Crippen LogP contribution in [0.15, 0.2) is 48.5 Å². The van der Waals surface area contributed by atoms with E-state index in [1.807, 2.05) is 0 Å². The number of nitrogens with one attached hydrogen (secondary N) is 2. The van der Waals surface area contributed by atoms with Gasteiger partial charge in [0.05, 0.1) is 5.69 Å². The van der Waals surface area contributed by atoms with Crippen LogP contribution in [0.1, 0.15) is 24.5 Å². The largest absolute Gasteiger partial charge is 0.508 e. The maximum atomic E-state index is 13.3. The van der Waals surface area contributed by atoms with Crippen LogP contribution in [0.3, 0.4) is 0 Å². The van der Waals surface area contributed by atoms with E-state index in [-0.39, 0.29) is 23.4 Å². The van der Waals surface area contributed by atoms with Gasteiger partial charge in [0.25, 0.3) is 0 Å². The number of rotatable bonds is 3. The highest BCUT2D eigenvalue weighted by molar-refractivity contribution is 5.78. The third-order valence-corrected chi connectivity index (χ3v) is 4.65. The van der Waals surface area contributed by atoms with Gasteiger partial charge in [-0.05, 0) is 55.0 Å². The number of carbonyl (C=O) groups excluding carboxylic acids is 1. The molecule has 0 radical (unpaired) electrons. The molecule has 1 aromatic heterocycles. The van der Waals surface area contributed by atoms with Gasteiger partial charge < -0.3 is 15.4 Å². The number of phenolic OH excluding ortho intramolecular Hbond substituents is 1. The molecule has 1 saturated heterocycles. The van der Waals surface area contributed by atoms with Crippen LogP contribution in [0.5, 0.6) is 5.75 Å². The van der Waals surface area contributed by atoms with E-state index in [9.17, 15) is 14.3 Å². The Labute approximate surface area is 149 Å². The Morgan fingerprint density at radius 1 is 1.04 bits per heavy atom. The van der Waals surface area contributed by atoms with Crippen molar-refractivity contribution in [2.75, 3.05) is 6.54 Å². The number of benzene rings is 2. The molecule has 3 N–H and O–H groups in total. The van der Waals surface area contributed by atoms with Gasteiger partial charge in [-0.15, -0.1) is 0 Å². The van der Waals surface area contributed by atoms with Crippen molar-refractivity contribution >= 4 is 5.91 Å². The summed E-state index contributed by atoms with van der Waals surface area (Å²) in [5.74, 6) is 0.587. The summed E-state index contributed by atoms with van der Waals surface area (Å²) in [6.07, 6.45) is 1.21. The van der Waals surface area contributed by atoms with Gasteiger partial charge in [-0.3, -0.25) is 4.79 Å². The zero-order chi connectivity index (χ0) is 18.1. The summed E-state index contributed by atoms with van der Waals surface area (Å²) in [6.45, 7) is 0.625. The van der Waals surface area contributed by atoms with E-state index in [2.05, 4.69) is 10.3 Å². The van der Waals surface area contributed by atoms with E-state index < -0.39 is 0 Å². The number of amides is 1. The first-order valence-corrected chi connectivity index (χ1v) is 8.52. The van der Waals surface area contributed by atoms with Crippen molar-refractivity contribution < 1.29 is 14.3 Å². The second-order valence-corrected chi connectivity index (χ2v) is 6.44. The minimum absolute atomic E-state index is 0.0205. The van der Waals surface area contributed by atoms with E-state index in [1.165, 1.54) is 12.1 Å². The van der Waals surface area contributed by atoms with Crippen molar-refractivity contribution in [2.24, 2.45) is 0 Å². The van der Waals surface area contributed by atoms with Crippen molar-refractivity contribution in [1.29, 1.82) is 0 Å². The van der Waals surface area contributed by atoms with E-state index in [1.54, 1.807) is 36.4 Å². The van der Waals surface area contributed by atoms with Gasteiger partial charge in [0, 0.05) is 35.7 Å². The minimum atomic E-state index is -0.304. The molecule has 1 unspecified atom stereocenters. The van der Waals surface area contributed by atoms with Crippen molar-refractivity contribution in [2.45, 2.75) is 18.8 Å². The molecule has 2 heterocycles. The molecule has 26 heavy (non-hydrogen) atoms. The van der Waals surface area contributed by atoms with Crippen LogP contribution in [0.25, 0.3) is 22.6 Å². The smallest absolute Gasteiger partial charge is 0.220 e. The quantitative estimate of drug-likeness (QED) is 0.675. The number of carbonyl (C=O) groups is 1. The molecular formula is C20H18FN3O2. The molecule has 1 amide bonds. The van der Waals surface area contributed by atoms with Gasteiger partial charge in [0.2, 0.25) is 5.91 Å². The molecule has 3 aromatic rings. The molecular weight excluding hydrogens is 333 g/mol. The first-order chi connectivity index (χ1) is 12.6. The lowest BCUT2D eigenvalue weighted by molar-refractivity contribution is -0.122. The number of aromatic hydroxyl groups is 1. The van der Waals surface area contributed by atoms with Gasteiger partial charge in [0.15, 0.2) is 0 Å². The van der Waals surface area contributed by atoms with Gasteiger partial charge >= 0.3 is 0 Å². The number of nitrogens with zero attached hydrogens (tertiary/aromatic N) is 1.